The molecule has 0 saturated carbocycles. The van der Waals surface area contributed by atoms with E-state index >= 15 is 0 Å². The van der Waals surface area contributed by atoms with Gasteiger partial charge in [-0.05, 0) is 29.7 Å². The molecule has 3 N–H and O–H groups in total. The van der Waals surface area contributed by atoms with E-state index in [-0.39, 0.29) is 18.7 Å². The molecule has 110 valence electrons. The van der Waals surface area contributed by atoms with Gasteiger partial charge in [0.25, 0.3) is 0 Å². The third-order valence-electron chi connectivity index (χ3n) is 4.14. The van der Waals surface area contributed by atoms with E-state index in [2.05, 4.69) is 47.0 Å². The molecule has 1 aliphatic rings. The first-order chi connectivity index (χ1) is 10.4. The van der Waals surface area contributed by atoms with Crippen LogP contribution in [0.2, 0.25) is 0 Å². The maximum atomic E-state index is 9.75. The fourth-order valence-corrected chi connectivity index (χ4v) is 3.02. The highest BCUT2D eigenvalue weighted by Crippen LogP contribution is 2.26. The molecule has 2 atom stereocenters. The highest BCUT2D eigenvalue weighted by Gasteiger charge is 2.21. The summed E-state index contributed by atoms with van der Waals surface area (Å²) in [7, 11) is 0. The van der Waals surface area contributed by atoms with Crippen LogP contribution in [0.1, 0.15) is 35.2 Å². The van der Waals surface area contributed by atoms with Crippen molar-refractivity contribution < 1.29 is 5.11 Å². The number of hydrogen-bond donors (Lipinski definition) is 3. The number of nitrogens with one attached hydrogen (secondary N) is 2. The average Bonchev–Trinajstić information content (AvgIpc) is 2.76. The molecule has 0 aromatic heterocycles. The van der Waals surface area contributed by atoms with E-state index in [9.17, 15) is 5.11 Å². The molecule has 1 aliphatic heterocycles. The molecule has 3 heteroatoms. The quantitative estimate of drug-likeness (QED) is 0.807. The number of rotatable bonds is 4. The summed E-state index contributed by atoms with van der Waals surface area (Å²) in [6, 6.07) is 19.0. The van der Waals surface area contributed by atoms with Gasteiger partial charge in [0, 0.05) is 12.6 Å². The molecule has 0 aliphatic carbocycles. The Balaban J connectivity index is 1.83. The third-order valence-corrected chi connectivity index (χ3v) is 4.14. The van der Waals surface area contributed by atoms with Crippen molar-refractivity contribution >= 4 is 0 Å². The summed E-state index contributed by atoms with van der Waals surface area (Å²) in [5, 5.41) is 16.8. The van der Waals surface area contributed by atoms with Crippen molar-refractivity contribution in [2.75, 3.05) is 13.2 Å². The summed E-state index contributed by atoms with van der Waals surface area (Å²) in [5.41, 5.74) is 3.82. The molecule has 0 radical (unpaired) electrons. The minimum atomic E-state index is -0.0256. The van der Waals surface area contributed by atoms with Gasteiger partial charge in [-0.3, -0.25) is 0 Å². The van der Waals surface area contributed by atoms with Gasteiger partial charge in [-0.2, -0.15) is 0 Å². The molecule has 2 aromatic rings. The Kier molecular flexibility index (Phi) is 4.65. The highest BCUT2D eigenvalue weighted by molar-refractivity contribution is 5.31. The lowest BCUT2D eigenvalue weighted by Gasteiger charge is -2.25. The van der Waals surface area contributed by atoms with Gasteiger partial charge in [-0.1, -0.05) is 54.6 Å². The Labute approximate surface area is 126 Å². The second kappa shape index (κ2) is 6.85. The number of hydrogen-bond acceptors (Lipinski definition) is 3. The molecule has 0 saturated heterocycles. The lowest BCUT2D eigenvalue weighted by molar-refractivity contribution is 0.231. The van der Waals surface area contributed by atoms with E-state index in [1.807, 2.05) is 18.2 Å². The van der Waals surface area contributed by atoms with Crippen molar-refractivity contribution in [2.45, 2.75) is 25.0 Å². The first-order valence-electron chi connectivity index (χ1n) is 7.59. The SMILES string of the molecule is OC[C@@H](NC1CCNCc2ccccc21)c1ccccc1. The molecule has 0 spiro atoms. The van der Waals surface area contributed by atoms with Crippen LogP contribution < -0.4 is 10.6 Å². The number of fused-ring (bicyclic) bond motifs is 1. The predicted molar refractivity (Wildman–Crippen MR) is 84.9 cm³/mol. The van der Waals surface area contributed by atoms with Crippen LogP contribution in [0.25, 0.3) is 0 Å². The summed E-state index contributed by atoms with van der Waals surface area (Å²) < 4.78 is 0. The van der Waals surface area contributed by atoms with Crippen LogP contribution in [0.15, 0.2) is 54.6 Å². The van der Waals surface area contributed by atoms with Crippen LogP contribution in [-0.2, 0) is 6.54 Å². The van der Waals surface area contributed by atoms with E-state index in [0.717, 1.165) is 25.1 Å². The first kappa shape index (κ1) is 14.3. The maximum absolute atomic E-state index is 9.75. The summed E-state index contributed by atoms with van der Waals surface area (Å²) in [6.45, 7) is 2.01. The predicted octanol–water partition coefficient (Wildman–Crippen LogP) is 2.54. The number of aliphatic hydroxyl groups excluding tert-OH is 1. The van der Waals surface area contributed by atoms with Crippen molar-refractivity contribution in [1.29, 1.82) is 0 Å². The normalized spacial score (nSPS) is 19.6. The lowest BCUT2D eigenvalue weighted by atomic mass is 9.97. The molecule has 3 rings (SSSR count). The highest BCUT2D eigenvalue weighted by atomic mass is 16.3. The topological polar surface area (TPSA) is 44.3 Å². The zero-order chi connectivity index (χ0) is 14.5. The zero-order valence-electron chi connectivity index (χ0n) is 12.1. The van der Waals surface area contributed by atoms with Gasteiger partial charge in [0.2, 0.25) is 0 Å². The average molecular weight is 282 g/mol. The number of benzene rings is 2. The van der Waals surface area contributed by atoms with Gasteiger partial charge in [0.05, 0.1) is 12.6 Å². The van der Waals surface area contributed by atoms with Crippen molar-refractivity contribution in [2.24, 2.45) is 0 Å². The van der Waals surface area contributed by atoms with Crippen LogP contribution >= 0.6 is 0 Å². The Morgan fingerprint density at radius 1 is 1.10 bits per heavy atom. The van der Waals surface area contributed by atoms with Gasteiger partial charge in [0.1, 0.15) is 0 Å². The van der Waals surface area contributed by atoms with Gasteiger partial charge in [-0.25, -0.2) is 0 Å². The molecule has 3 nitrogen and oxygen atoms in total. The third kappa shape index (κ3) is 3.32. The lowest BCUT2D eigenvalue weighted by Crippen LogP contribution is -2.30. The minimum absolute atomic E-state index is 0.0256. The molecule has 0 bridgehead atoms. The van der Waals surface area contributed by atoms with E-state index in [1.165, 1.54) is 11.1 Å². The van der Waals surface area contributed by atoms with Crippen molar-refractivity contribution in [3.05, 3.63) is 71.3 Å². The molecule has 0 amide bonds. The van der Waals surface area contributed by atoms with E-state index in [1.54, 1.807) is 0 Å². The zero-order valence-corrected chi connectivity index (χ0v) is 12.1. The van der Waals surface area contributed by atoms with E-state index in [4.69, 9.17) is 0 Å². The Bertz CT molecular complexity index is 570. The molecule has 21 heavy (non-hydrogen) atoms. The van der Waals surface area contributed by atoms with Crippen LogP contribution in [0, 0.1) is 0 Å². The Hall–Kier alpha value is -1.68. The molecule has 2 aromatic carbocycles. The molecular weight excluding hydrogens is 260 g/mol. The Morgan fingerprint density at radius 3 is 2.67 bits per heavy atom. The van der Waals surface area contributed by atoms with Gasteiger partial charge < -0.3 is 15.7 Å². The fraction of sp³-hybridized carbons (Fsp3) is 0.333. The Morgan fingerprint density at radius 2 is 1.86 bits per heavy atom. The second-order valence-electron chi connectivity index (χ2n) is 5.53. The van der Waals surface area contributed by atoms with Crippen LogP contribution in [0.5, 0.6) is 0 Å². The van der Waals surface area contributed by atoms with E-state index in [0.29, 0.717) is 0 Å². The van der Waals surface area contributed by atoms with Gasteiger partial charge in [-0.15, -0.1) is 0 Å². The smallest absolute Gasteiger partial charge is 0.0626 e. The fourth-order valence-electron chi connectivity index (χ4n) is 3.02. The van der Waals surface area contributed by atoms with Crippen molar-refractivity contribution in [3.8, 4) is 0 Å². The summed E-state index contributed by atoms with van der Waals surface area (Å²) in [5.74, 6) is 0. The first-order valence-corrected chi connectivity index (χ1v) is 7.59. The monoisotopic (exact) mass is 282 g/mol. The molecule has 0 fully saturated rings. The van der Waals surface area contributed by atoms with Gasteiger partial charge in [0.15, 0.2) is 0 Å². The molecule has 1 heterocycles. The minimum Gasteiger partial charge on any atom is -0.394 e. The second-order valence-corrected chi connectivity index (χ2v) is 5.53. The number of aliphatic hydroxyl groups is 1. The van der Waals surface area contributed by atoms with Crippen LogP contribution in [0.4, 0.5) is 0 Å². The standard InChI is InChI=1S/C18H22N2O/c21-13-18(14-6-2-1-3-7-14)20-17-10-11-19-12-15-8-4-5-9-16(15)17/h1-9,17-21H,10-13H2/t17?,18-/m1/s1. The largest absolute Gasteiger partial charge is 0.394 e. The van der Waals surface area contributed by atoms with Crippen LogP contribution in [-0.4, -0.2) is 18.3 Å². The summed E-state index contributed by atoms with van der Waals surface area (Å²) >= 11 is 0. The van der Waals surface area contributed by atoms with E-state index < -0.39 is 0 Å². The summed E-state index contributed by atoms with van der Waals surface area (Å²) in [4.78, 5) is 0. The maximum Gasteiger partial charge on any atom is 0.0626 e. The van der Waals surface area contributed by atoms with Gasteiger partial charge >= 0.3 is 0 Å². The van der Waals surface area contributed by atoms with Crippen molar-refractivity contribution in [3.63, 3.8) is 0 Å². The summed E-state index contributed by atoms with van der Waals surface area (Å²) in [6.07, 6.45) is 1.03. The molecule has 1 unspecified atom stereocenters. The van der Waals surface area contributed by atoms with Crippen LogP contribution in [0.3, 0.4) is 0 Å². The molecular formula is C18H22N2O. The van der Waals surface area contributed by atoms with Crippen molar-refractivity contribution in [1.82, 2.24) is 10.6 Å².